The topological polar surface area (TPSA) is 145 Å². The number of amides is 5. The van der Waals surface area contributed by atoms with Crippen LogP contribution in [0.25, 0.3) is 0 Å². The molecule has 2 heterocycles. The molecule has 5 atom stereocenters. The third-order valence-electron chi connectivity index (χ3n) is 7.89. The molecule has 0 bridgehead atoms. The maximum absolute atomic E-state index is 13.8. The van der Waals surface area contributed by atoms with Gasteiger partial charge < -0.3 is 30.1 Å². The van der Waals surface area contributed by atoms with Crippen LogP contribution in [0.15, 0.2) is 0 Å². The summed E-state index contributed by atoms with van der Waals surface area (Å²) in [5.41, 5.74) is 0. The second kappa shape index (κ2) is 14.6. The summed E-state index contributed by atoms with van der Waals surface area (Å²) in [5.74, 6) is -3.45. The third kappa shape index (κ3) is 8.42. The summed E-state index contributed by atoms with van der Waals surface area (Å²) in [7, 11) is 3.02. The highest BCUT2D eigenvalue weighted by molar-refractivity contribution is 5.96. The lowest BCUT2D eigenvalue weighted by Gasteiger charge is -2.37. The first-order valence-electron chi connectivity index (χ1n) is 14.7. The summed E-state index contributed by atoms with van der Waals surface area (Å²) in [4.78, 5) is 84.1. The molecule has 2 N–H and O–H groups in total. The van der Waals surface area contributed by atoms with Crippen molar-refractivity contribution in [2.75, 3.05) is 27.2 Å². The van der Waals surface area contributed by atoms with Crippen molar-refractivity contribution in [1.82, 2.24) is 25.3 Å². The van der Waals surface area contributed by atoms with Gasteiger partial charge in [-0.1, -0.05) is 41.5 Å². The average Bonchev–Trinajstić information content (AvgIpc) is 3.38. The number of likely N-dealkylation sites (N-methyl/N-ethyl adjacent to an activating group) is 2. The molecule has 0 saturated carbocycles. The number of carbonyl (C=O) groups excluding carboxylic acids is 6. The molecule has 0 aromatic rings. The van der Waals surface area contributed by atoms with Crippen LogP contribution < -0.4 is 10.6 Å². The summed E-state index contributed by atoms with van der Waals surface area (Å²) in [6.07, 6.45) is 0.0461. The molecule has 41 heavy (non-hydrogen) atoms. The van der Waals surface area contributed by atoms with Gasteiger partial charge in [-0.15, -0.1) is 0 Å². The number of carbonyl (C=O) groups is 6. The van der Waals surface area contributed by atoms with E-state index in [9.17, 15) is 28.8 Å². The molecule has 2 aliphatic heterocycles. The van der Waals surface area contributed by atoms with Crippen molar-refractivity contribution in [1.29, 1.82) is 0 Å². The van der Waals surface area contributed by atoms with Crippen LogP contribution in [0, 0.1) is 17.8 Å². The monoisotopic (exact) mass is 579 g/mol. The van der Waals surface area contributed by atoms with Crippen molar-refractivity contribution in [3.63, 3.8) is 0 Å². The highest BCUT2D eigenvalue weighted by Crippen LogP contribution is 2.23. The van der Waals surface area contributed by atoms with E-state index < -0.39 is 65.8 Å². The van der Waals surface area contributed by atoms with Crippen LogP contribution >= 0.6 is 0 Å². The van der Waals surface area contributed by atoms with Crippen LogP contribution in [-0.4, -0.2) is 108 Å². The molecule has 2 rings (SSSR count). The number of esters is 1. The van der Waals surface area contributed by atoms with E-state index in [1.54, 1.807) is 20.8 Å². The van der Waals surface area contributed by atoms with Gasteiger partial charge >= 0.3 is 5.97 Å². The van der Waals surface area contributed by atoms with Crippen LogP contribution in [0.4, 0.5) is 0 Å². The van der Waals surface area contributed by atoms with Crippen LogP contribution in [-0.2, 0) is 33.5 Å². The zero-order valence-electron chi connectivity index (χ0n) is 26.1. The Kier molecular flexibility index (Phi) is 12.1. The van der Waals surface area contributed by atoms with E-state index in [1.807, 2.05) is 27.7 Å². The Morgan fingerprint density at radius 3 is 2.05 bits per heavy atom. The fourth-order valence-electron chi connectivity index (χ4n) is 5.36. The van der Waals surface area contributed by atoms with Gasteiger partial charge in [-0.2, -0.15) is 0 Å². The molecule has 12 nitrogen and oxygen atoms in total. The zero-order valence-corrected chi connectivity index (χ0v) is 26.1. The van der Waals surface area contributed by atoms with E-state index in [0.717, 1.165) is 0 Å². The van der Waals surface area contributed by atoms with Gasteiger partial charge in [-0.3, -0.25) is 28.8 Å². The van der Waals surface area contributed by atoms with E-state index in [1.165, 1.54) is 28.8 Å². The Morgan fingerprint density at radius 2 is 1.49 bits per heavy atom. The molecule has 0 aromatic heterocycles. The normalized spacial score (nSPS) is 28.4. The third-order valence-corrected chi connectivity index (χ3v) is 7.89. The van der Waals surface area contributed by atoms with Gasteiger partial charge in [-0.25, -0.2) is 0 Å². The molecule has 2 aliphatic rings. The summed E-state index contributed by atoms with van der Waals surface area (Å²) in [6, 6.07) is -3.53. The average molecular weight is 580 g/mol. The minimum absolute atomic E-state index is 0.0363. The maximum atomic E-state index is 13.8. The Hall–Kier alpha value is -3.18. The van der Waals surface area contributed by atoms with Gasteiger partial charge in [0.2, 0.25) is 23.6 Å². The number of ether oxygens (including phenoxy) is 1. The molecular formula is C29H49N5O7. The van der Waals surface area contributed by atoms with E-state index in [2.05, 4.69) is 10.6 Å². The van der Waals surface area contributed by atoms with Gasteiger partial charge in [0.1, 0.15) is 24.2 Å². The van der Waals surface area contributed by atoms with Gasteiger partial charge in [0, 0.05) is 27.2 Å². The molecule has 0 unspecified atom stereocenters. The van der Waals surface area contributed by atoms with Crippen molar-refractivity contribution in [2.45, 2.75) is 104 Å². The molecule has 2 fully saturated rings. The first-order valence-corrected chi connectivity index (χ1v) is 14.7. The Labute approximate surface area is 243 Å². The van der Waals surface area contributed by atoms with Gasteiger partial charge in [0.05, 0.1) is 6.42 Å². The number of cyclic esters (lactones) is 1. The van der Waals surface area contributed by atoms with Crippen LogP contribution in [0.3, 0.4) is 0 Å². The van der Waals surface area contributed by atoms with Gasteiger partial charge in [0.15, 0.2) is 6.10 Å². The fourth-order valence-corrected chi connectivity index (χ4v) is 5.36. The van der Waals surface area contributed by atoms with Gasteiger partial charge in [0.25, 0.3) is 5.91 Å². The van der Waals surface area contributed by atoms with Crippen molar-refractivity contribution >= 4 is 35.5 Å². The summed E-state index contributed by atoms with van der Waals surface area (Å²) < 4.78 is 5.58. The second-order valence-corrected chi connectivity index (χ2v) is 12.3. The number of nitrogens with zero attached hydrogens (tertiary/aromatic N) is 3. The zero-order chi connectivity index (χ0) is 31.2. The minimum Gasteiger partial charge on any atom is -0.452 e. The fraction of sp³-hybridized carbons (Fsp3) is 0.793. The number of rotatable bonds is 4. The largest absolute Gasteiger partial charge is 0.452 e. The molecule has 0 aliphatic carbocycles. The van der Waals surface area contributed by atoms with Crippen LogP contribution in [0.5, 0.6) is 0 Å². The quantitative estimate of drug-likeness (QED) is 0.471. The number of fused-ring (bicyclic) bond motifs is 1. The second-order valence-electron chi connectivity index (χ2n) is 12.3. The molecule has 0 spiro atoms. The standard InChI is InChI=1S/C29H49N5O7/c1-16(2)15-21-27(38)34-14-10-11-20(34)26(37)31-23(17(3)4)28(39)33(9)24(18(5)6)29(40)32(8)19(7)25(36)30-13-12-22(35)41-21/h16-21,23-24H,10-15H2,1-9H3,(H,30,36)(H,31,37)/t19-,20-,21-,23-,24-/m0/s1. The SMILES string of the molecule is CC(C)C[C@@H]1OC(=O)CCNC(=O)[C@H](C)N(C)C(=O)[C@H](C(C)C)N(C)C(=O)[C@H](C(C)C)NC(=O)[C@@H]2CCCN2C1=O. The number of hydrogen-bond donors (Lipinski definition) is 2. The first-order chi connectivity index (χ1) is 19.1. The number of hydrogen-bond acceptors (Lipinski definition) is 7. The Balaban J connectivity index is 2.50. The summed E-state index contributed by atoms with van der Waals surface area (Å²) in [6.45, 7) is 12.9. The predicted molar refractivity (Wildman–Crippen MR) is 152 cm³/mol. The highest BCUT2D eigenvalue weighted by atomic mass is 16.5. The van der Waals surface area contributed by atoms with Crippen molar-refractivity contribution in [2.24, 2.45) is 17.8 Å². The van der Waals surface area contributed by atoms with Crippen LogP contribution in [0.1, 0.15) is 74.1 Å². The highest BCUT2D eigenvalue weighted by Gasteiger charge is 2.42. The number of nitrogens with one attached hydrogen (secondary N) is 2. The molecule has 0 radical (unpaired) electrons. The van der Waals surface area contributed by atoms with Crippen molar-refractivity contribution < 1.29 is 33.5 Å². The molecular weight excluding hydrogens is 530 g/mol. The first kappa shape index (κ1) is 34.0. The lowest BCUT2D eigenvalue weighted by atomic mass is 9.97. The summed E-state index contributed by atoms with van der Waals surface area (Å²) in [5, 5.41) is 5.51. The van der Waals surface area contributed by atoms with Crippen molar-refractivity contribution in [3.05, 3.63) is 0 Å². The predicted octanol–water partition coefficient (Wildman–Crippen LogP) is 0.926. The van der Waals surface area contributed by atoms with E-state index in [4.69, 9.17) is 4.74 Å². The van der Waals surface area contributed by atoms with E-state index >= 15 is 0 Å². The van der Waals surface area contributed by atoms with E-state index in [-0.39, 0.29) is 37.1 Å². The molecule has 2 saturated heterocycles. The summed E-state index contributed by atoms with van der Waals surface area (Å²) >= 11 is 0. The molecule has 232 valence electrons. The molecule has 0 aromatic carbocycles. The van der Waals surface area contributed by atoms with E-state index in [0.29, 0.717) is 19.4 Å². The smallest absolute Gasteiger partial charge is 0.308 e. The Bertz CT molecular complexity index is 998. The molecule has 12 heteroatoms. The lowest BCUT2D eigenvalue weighted by molar-refractivity contribution is -0.162. The Morgan fingerprint density at radius 1 is 0.854 bits per heavy atom. The van der Waals surface area contributed by atoms with Gasteiger partial charge in [-0.05, 0) is 43.9 Å². The lowest BCUT2D eigenvalue weighted by Crippen LogP contribution is -2.60. The molecule has 5 amide bonds. The van der Waals surface area contributed by atoms with Crippen LogP contribution in [0.2, 0.25) is 0 Å². The van der Waals surface area contributed by atoms with Crippen molar-refractivity contribution in [3.8, 4) is 0 Å². The maximum Gasteiger partial charge on any atom is 0.308 e. The minimum atomic E-state index is -1.07.